The zero-order chi connectivity index (χ0) is 11.7. The second-order valence-electron chi connectivity index (χ2n) is 4.03. The van der Waals surface area contributed by atoms with Crippen LogP contribution in [0, 0.1) is 0 Å². The molecule has 0 aliphatic rings. The number of nitrogen functional groups attached to an aromatic ring is 1. The normalized spacial score (nSPS) is 10.8. The van der Waals surface area contributed by atoms with Crippen LogP contribution in [0.5, 0.6) is 0 Å². The van der Waals surface area contributed by atoms with Crippen LogP contribution in [-0.2, 0) is 6.42 Å². The van der Waals surface area contributed by atoms with E-state index in [9.17, 15) is 0 Å². The van der Waals surface area contributed by atoms with Gasteiger partial charge in [0.1, 0.15) is 0 Å². The molecule has 3 rings (SSSR count). The van der Waals surface area contributed by atoms with Crippen molar-refractivity contribution >= 4 is 16.7 Å². The van der Waals surface area contributed by atoms with E-state index in [-0.39, 0.29) is 0 Å². The number of benzene rings is 1. The van der Waals surface area contributed by atoms with E-state index < -0.39 is 0 Å². The van der Waals surface area contributed by atoms with E-state index in [1.165, 1.54) is 11.1 Å². The summed E-state index contributed by atoms with van der Waals surface area (Å²) in [6, 6.07) is 10.2. The zero-order valence-electron chi connectivity index (χ0n) is 9.22. The number of pyridine rings is 1. The van der Waals surface area contributed by atoms with Crippen LogP contribution in [0.15, 0.2) is 42.7 Å². The molecule has 0 aliphatic heterocycles. The van der Waals surface area contributed by atoms with Crippen molar-refractivity contribution in [2.24, 2.45) is 0 Å². The maximum atomic E-state index is 5.78. The van der Waals surface area contributed by atoms with Crippen molar-refractivity contribution in [2.75, 3.05) is 5.73 Å². The maximum absolute atomic E-state index is 5.78. The second-order valence-corrected chi connectivity index (χ2v) is 4.03. The van der Waals surface area contributed by atoms with Crippen molar-refractivity contribution in [3.8, 4) is 0 Å². The fourth-order valence-corrected chi connectivity index (χ4v) is 1.93. The molecule has 0 fully saturated rings. The lowest BCUT2D eigenvalue weighted by molar-refractivity contribution is 1.13. The molecule has 0 atom stereocenters. The molecule has 3 aromatic rings. The molecule has 4 nitrogen and oxygen atoms in total. The highest BCUT2D eigenvalue weighted by molar-refractivity contribution is 5.89. The molecule has 0 radical (unpaired) electrons. The molecule has 84 valence electrons. The van der Waals surface area contributed by atoms with Gasteiger partial charge in [-0.1, -0.05) is 12.1 Å². The summed E-state index contributed by atoms with van der Waals surface area (Å²) in [6.07, 6.45) is 4.51. The zero-order valence-corrected chi connectivity index (χ0v) is 9.22. The number of anilines is 1. The molecule has 0 spiro atoms. The van der Waals surface area contributed by atoms with Crippen molar-refractivity contribution < 1.29 is 0 Å². The number of nitrogens with two attached hydrogens (primary N) is 1. The van der Waals surface area contributed by atoms with Gasteiger partial charge in [0.2, 0.25) is 0 Å². The Morgan fingerprint density at radius 2 is 2.12 bits per heavy atom. The largest absolute Gasteiger partial charge is 0.382 e. The van der Waals surface area contributed by atoms with E-state index in [1.54, 1.807) is 6.20 Å². The Balaban J connectivity index is 1.98. The predicted octanol–water partition coefficient (Wildman–Crippen LogP) is 2.13. The van der Waals surface area contributed by atoms with Gasteiger partial charge in [0, 0.05) is 17.8 Å². The van der Waals surface area contributed by atoms with Gasteiger partial charge in [-0.2, -0.15) is 5.10 Å². The Bertz CT molecular complexity index is 643. The van der Waals surface area contributed by atoms with Crippen molar-refractivity contribution in [2.45, 2.75) is 6.42 Å². The third kappa shape index (κ3) is 1.85. The lowest BCUT2D eigenvalue weighted by Gasteiger charge is -2.01. The lowest BCUT2D eigenvalue weighted by Crippen LogP contribution is -1.89. The van der Waals surface area contributed by atoms with Crippen LogP contribution >= 0.6 is 0 Å². The summed E-state index contributed by atoms with van der Waals surface area (Å²) in [4.78, 5) is 4.11. The third-order valence-corrected chi connectivity index (χ3v) is 2.79. The van der Waals surface area contributed by atoms with Crippen molar-refractivity contribution in [3.63, 3.8) is 0 Å². The van der Waals surface area contributed by atoms with Crippen LogP contribution in [0.2, 0.25) is 0 Å². The average Bonchev–Trinajstić information content (AvgIpc) is 2.73. The average molecular weight is 224 g/mol. The van der Waals surface area contributed by atoms with E-state index in [1.807, 2.05) is 18.3 Å². The van der Waals surface area contributed by atoms with Crippen LogP contribution in [0.25, 0.3) is 10.9 Å². The Kier molecular flexibility index (Phi) is 2.26. The summed E-state index contributed by atoms with van der Waals surface area (Å²) in [5, 5.41) is 7.85. The summed E-state index contributed by atoms with van der Waals surface area (Å²) in [5.41, 5.74) is 9.15. The monoisotopic (exact) mass is 224 g/mol. The highest BCUT2D eigenvalue weighted by Crippen LogP contribution is 2.20. The maximum Gasteiger partial charge on any atom is 0.153 e. The van der Waals surface area contributed by atoms with Gasteiger partial charge in [-0.25, -0.2) is 0 Å². The van der Waals surface area contributed by atoms with Crippen LogP contribution in [0.1, 0.15) is 11.1 Å². The van der Waals surface area contributed by atoms with Gasteiger partial charge >= 0.3 is 0 Å². The lowest BCUT2D eigenvalue weighted by atomic mass is 10.1. The minimum absolute atomic E-state index is 0.549. The number of hydrogen-bond donors (Lipinski definition) is 2. The van der Waals surface area contributed by atoms with Gasteiger partial charge in [-0.05, 0) is 35.7 Å². The first-order chi connectivity index (χ1) is 8.33. The van der Waals surface area contributed by atoms with Crippen molar-refractivity contribution in [3.05, 3.63) is 53.9 Å². The van der Waals surface area contributed by atoms with E-state index in [4.69, 9.17) is 5.73 Å². The Hall–Kier alpha value is -2.36. The molecule has 3 N–H and O–H groups in total. The minimum atomic E-state index is 0.549. The Labute approximate surface area is 98.5 Å². The minimum Gasteiger partial charge on any atom is -0.382 e. The van der Waals surface area contributed by atoms with Gasteiger partial charge in [0.05, 0.1) is 5.52 Å². The molecule has 0 aliphatic carbocycles. The number of aromatic nitrogens is 3. The number of fused-ring (bicyclic) bond motifs is 1. The number of rotatable bonds is 2. The van der Waals surface area contributed by atoms with Crippen molar-refractivity contribution in [1.82, 2.24) is 15.2 Å². The van der Waals surface area contributed by atoms with E-state index >= 15 is 0 Å². The fourth-order valence-electron chi connectivity index (χ4n) is 1.93. The molecule has 0 saturated carbocycles. The summed E-state index contributed by atoms with van der Waals surface area (Å²) >= 11 is 0. The SMILES string of the molecule is Nc1n[nH]c2ccc(Cc3cccnc3)cc12. The van der Waals surface area contributed by atoms with Gasteiger partial charge < -0.3 is 5.73 Å². The third-order valence-electron chi connectivity index (χ3n) is 2.79. The summed E-state index contributed by atoms with van der Waals surface area (Å²) < 4.78 is 0. The first kappa shape index (κ1) is 9.84. The second kappa shape index (κ2) is 3.90. The van der Waals surface area contributed by atoms with Crippen LogP contribution in [0.3, 0.4) is 0 Å². The summed E-state index contributed by atoms with van der Waals surface area (Å²) in [6.45, 7) is 0. The first-order valence-corrected chi connectivity index (χ1v) is 5.44. The summed E-state index contributed by atoms with van der Waals surface area (Å²) in [5.74, 6) is 0.549. The number of H-pyrrole nitrogens is 1. The van der Waals surface area contributed by atoms with Crippen LogP contribution in [0.4, 0.5) is 5.82 Å². The standard InChI is InChI=1S/C13H12N4/c14-13-11-7-9(3-4-12(11)16-17-13)6-10-2-1-5-15-8-10/h1-5,7-8H,6H2,(H3,14,16,17). The molecule has 0 bridgehead atoms. The smallest absolute Gasteiger partial charge is 0.153 e. The number of nitrogens with one attached hydrogen (secondary N) is 1. The van der Waals surface area contributed by atoms with E-state index in [2.05, 4.69) is 33.4 Å². The predicted molar refractivity (Wildman–Crippen MR) is 67.5 cm³/mol. The molecule has 0 saturated heterocycles. The summed E-state index contributed by atoms with van der Waals surface area (Å²) in [7, 11) is 0. The molecular formula is C13H12N4. The number of hydrogen-bond acceptors (Lipinski definition) is 3. The Morgan fingerprint density at radius 3 is 2.94 bits per heavy atom. The highest BCUT2D eigenvalue weighted by Gasteiger charge is 2.03. The topological polar surface area (TPSA) is 67.6 Å². The van der Waals surface area contributed by atoms with Gasteiger partial charge in [0.25, 0.3) is 0 Å². The molecular weight excluding hydrogens is 212 g/mol. The van der Waals surface area contributed by atoms with E-state index in [0.717, 1.165) is 17.3 Å². The van der Waals surface area contributed by atoms with Gasteiger partial charge in [-0.3, -0.25) is 10.1 Å². The molecule has 4 heteroatoms. The number of nitrogens with zero attached hydrogens (tertiary/aromatic N) is 2. The molecule has 2 heterocycles. The van der Waals surface area contributed by atoms with Gasteiger partial charge in [-0.15, -0.1) is 0 Å². The van der Waals surface area contributed by atoms with Crippen molar-refractivity contribution in [1.29, 1.82) is 0 Å². The van der Waals surface area contributed by atoms with Crippen LogP contribution in [-0.4, -0.2) is 15.2 Å². The molecule has 2 aromatic heterocycles. The van der Waals surface area contributed by atoms with Crippen LogP contribution < -0.4 is 5.73 Å². The molecule has 0 unspecified atom stereocenters. The quantitative estimate of drug-likeness (QED) is 0.700. The first-order valence-electron chi connectivity index (χ1n) is 5.44. The van der Waals surface area contributed by atoms with Gasteiger partial charge in [0.15, 0.2) is 5.82 Å². The molecule has 0 amide bonds. The fraction of sp³-hybridized carbons (Fsp3) is 0.0769. The highest BCUT2D eigenvalue weighted by atomic mass is 15.1. The molecule has 17 heavy (non-hydrogen) atoms. The number of aromatic amines is 1. The molecule has 1 aromatic carbocycles. The Morgan fingerprint density at radius 1 is 1.18 bits per heavy atom. The van der Waals surface area contributed by atoms with E-state index in [0.29, 0.717) is 5.82 Å².